The van der Waals surface area contributed by atoms with Crippen molar-refractivity contribution in [3.63, 3.8) is 0 Å². The van der Waals surface area contributed by atoms with Gasteiger partial charge in [0.2, 0.25) is 0 Å². The minimum Gasteiger partial charge on any atom is -0.395 e. The molecule has 0 aromatic carbocycles. The van der Waals surface area contributed by atoms with Gasteiger partial charge in [-0.1, -0.05) is 6.08 Å². The second kappa shape index (κ2) is 7.49. The topological polar surface area (TPSA) is 110 Å². The van der Waals surface area contributed by atoms with Crippen molar-refractivity contribution in [1.29, 1.82) is 0 Å². The summed E-state index contributed by atoms with van der Waals surface area (Å²) in [4.78, 5) is 16.6. The Labute approximate surface area is 138 Å². The Bertz CT molecular complexity index is 694. The molecule has 2 heterocycles. The van der Waals surface area contributed by atoms with Crippen LogP contribution in [0.1, 0.15) is 11.3 Å². The number of aliphatic hydroxyl groups excluding tert-OH is 1. The van der Waals surface area contributed by atoms with Gasteiger partial charge in [-0.2, -0.15) is 0 Å². The third-order valence-electron chi connectivity index (χ3n) is 3.61. The summed E-state index contributed by atoms with van der Waals surface area (Å²) in [6.07, 6.45) is 9.37. The molecule has 0 radical (unpaired) electrons. The minimum atomic E-state index is -0.0360. The maximum Gasteiger partial charge on any atom is 0.130 e. The molecule has 4 N–H and O–H groups in total. The summed E-state index contributed by atoms with van der Waals surface area (Å²) in [5, 5.41) is 13.7. The lowest BCUT2D eigenvalue weighted by atomic mass is 10.2. The molecule has 0 aliphatic heterocycles. The van der Waals surface area contributed by atoms with Crippen molar-refractivity contribution in [2.24, 2.45) is 0 Å². The van der Waals surface area contributed by atoms with E-state index in [1.165, 1.54) is 6.33 Å². The van der Waals surface area contributed by atoms with Crippen LogP contribution in [0.15, 0.2) is 36.0 Å². The average molecular weight is 330 g/mol. The molecule has 23 heavy (non-hydrogen) atoms. The lowest BCUT2D eigenvalue weighted by Gasteiger charge is -2.16. The number of rotatable bonds is 7. The van der Waals surface area contributed by atoms with Crippen molar-refractivity contribution in [2.75, 3.05) is 24.6 Å². The average Bonchev–Trinajstić information content (AvgIpc) is 3.01. The summed E-state index contributed by atoms with van der Waals surface area (Å²) >= 11 is 1.56. The van der Waals surface area contributed by atoms with Gasteiger partial charge in [0.05, 0.1) is 18.5 Å². The summed E-state index contributed by atoms with van der Waals surface area (Å²) in [5.74, 6) is 1.25. The molecule has 2 aromatic heterocycles. The van der Waals surface area contributed by atoms with Crippen LogP contribution >= 0.6 is 11.8 Å². The predicted octanol–water partition coefficient (Wildman–Crippen LogP) is 0.531. The van der Waals surface area contributed by atoms with Gasteiger partial charge in [-0.15, -0.1) is 11.8 Å². The number of hydrogen-bond acceptors (Lipinski definition) is 8. The molecule has 2 aromatic rings. The number of nitrogens with two attached hydrogens (primary N) is 1. The SMILES string of the molecule is Nc1ncnc2c1CC=C2CN[C@H](CO)CSc1cnccn1. The van der Waals surface area contributed by atoms with Crippen LogP contribution in [-0.2, 0) is 6.42 Å². The van der Waals surface area contributed by atoms with E-state index in [1.807, 2.05) is 0 Å². The van der Waals surface area contributed by atoms with Crippen molar-refractivity contribution >= 4 is 23.2 Å². The van der Waals surface area contributed by atoms with Crippen LogP contribution in [0.2, 0.25) is 0 Å². The number of nitrogens with zero attached hydrogens (tertiary/aromatic N) is 4. The molecule has 0 saturated heterocycles. The van der Waals surface area contributed by atoms with E-state index >= 15 is 0 Å². The molecule has 1 aliphatic rings. The highest BCUT2D eigenvalue weighted by Gasteiger charge is 2.19. The zero-order valence-electron chi connectivity index (χ0n) is 12.5. The Morgan fingerprint density at radius 1 is 1.30 bits per heavy atom. The Kier molecular flexibility index (Phi) is 5.16. The molecule has 7 nitrogen and oxygen atoms in total. The highest BCUT2D eigenvalue weighted by molar-refractivity contribution is 7.99. The van der Waals surface area contributed by atoms with Crippen molar-refractivity contribution in [3.05, 3.63) is 42.3 Å². The number of nitrogen functional groups attached to an aromatic ring is 1. The first kappa shape index (κ1) is 15.9. The molecule has 0 saturated carbocycles. The lowest BCUT2D eigenvalue weighted by Crippen LogP contribution is -2.35. The first-order valence-corrected chi connectivity index (χ1v) is 8.28. The summed E-state index contributed by atoms with van der Waals surface area (Å²) < 4.78 is 0. The largest absolute Gasteiger partial charge is 0.395 e. The molecule has 0 spiro atoms. The molecule has 0 bridgehead atoms. The number of allylic oxidation sites excluding steroid dienone is 1. The van der Waals surface area contributed by atoms with E-state index in [4.69, 9.17) is 5.73 Å². The fraction of sp³-hybridized carbons (Fsp3) is 0.333. The monoisotopic (exact) mass is 330 g/mol. The highest BCUT2D eigenvalue weighted by atomic mass is 32.2. The number of hydrogen-bond donors (Lipinski definition) is 3. The number of fused-ring (bicyclic) bond motifs is 1. The summed E-state index contributed by atoms with van der Waals surface area (Å²) in [6, 6.07) is -0.0360. The van der Waals surface area contributed by atoms with E-state index in [2.05, 4.69) is 31.3 Å². The van der Waals surface area contributed by atoms with Gasteiger partial charge in [-0.25, -0.2) is 15.0 Å². The Balaban J connectivity index is 1.54. The van der Waals surface area contributed by atoms with Gasteiger partial charge in [-0.05, 0) is 12.0 Å². The van der Waals surface area contributed by atoms with Crippen LogP contribution in [0, 0.1) is 0 Å². The quantitative estimate of drug-likeness (QED) is 0.631. The van der Waals surface area contributed by atoms with E-state index in [0.29, 0.717) is 18.1 Å². The molecule has 0 amide bonds. The molecule has 1 aliphatic carbocycles. The molecule has 1 atom stereocenters. The first-order chi connectivity index (χ1) is 11.3. The van der Waals surface area contributed by atoms with E-state index in [9.17, 15) is 5.11 Å². The molecule has 0 fully saturated rings. The maximum absolute atomic E-state index is 9.54. The van der Waals surface area contributed by atoms with Crippen LogP contribution in [0.25, 0.3) is 5.57 Å². The molecule has 0 unspecified atom stereocenters. The second-order valence-electron chi connectivity index (χ2n) is 5.13. The van der Waals surface area contributed by atoms with Crippen LogP contribution in [0.4, 0.5) is 5.82 Å². The van der Waals surface area contributed by atoms with Crippen LogP contribution in [0.5, 0.6) is 0 Å². The lowest BCUT2D eigenvalue weighted by molar-refractivity contribution is 0.257. The van der Waals surface area contributed by atoms with Crippen molar-refractivity contribution in [3.8, 4) is 0 Å². The number of aromatic nitrogens is 4. The first-order valence-electron chi connectivity index (χ1n) is 7.29. The highest BCUT2D eigenvalue weighted by Crippen LogP contribution is 2.27. The Morgan fingerprint density at radius 2 is 2.22 bits per heavy atom. The normalized spacial score (nSPS) is 14.4. The molecular formula is C15H18N6OS. The zero-order valence-corrected chi connectivity index (χ0v) is 13.3. The van der Waals surface area contributed by atoms with Gasteiger partial charge in [0.25, 0.3) is 0 Å². The number of aliphatic hydroxyl groups is 1. The van der Waals surface area contributed by atoms with Gasteiger partial charge in [0.15, 0.2) is 0 Å². The third kappa shape index (κ3) is 3.84. The third-order valence-corrected chi connectivity index (χ3v) is 4.68. The van der Waals surface area contributed by atoms with E-state index < -0.39 is 0 Å². The molecule has 8 heteroatoms. The standard InChI is InChI=1S/C15H18N6OS/c16-15-12-2-1-10(14(12)20-9-21-15)5-19-11(7-22)8-23-13-6-17-3-4-18-13/h1,3-4,6,9,11,19,22H,2,5,7-8H2,(H2,16,20,21)/t11-/m1/s1. The Morgan fingerprint density at radius 3 is 3.00 bits per heavy atom. The number of nitrogens with one attached hydrogen (secondary N) is 1. The summed E-state index contributed by atoms with van der Waals surface area (Å²) in [5.41, 5.74) is 8.85. The van der Waals surface area contributed by atoms with Gasteiger partial charge >= 0.3 is 0 Å². The molecule has 120 valence electrons. The van der Waals surface area contributed by atoms with E-state index in [1.54, 1.807) is 30.4 Å². The fourth-order valence-corrected chi connectivity index (χ4v) is 3.22. The van der Waals surface area contributed by atoms with Gasteiger partial charge in [-0.3, -0.25) is 4.98 Å². The van der Waals surface area contributed by atoms with Crippen molar-refractivity contribution in [1.82, 2.24) is 25.3 Å². The van der Waals surface area contributed by atoms with Gasteiger partial charge in [0.1, 0.15) is 17.2 Å². The Hall–Kier alpha value is -2.03. The van der Waals surface area contributed by atoms with Crippen LogP contribution < -0.4 is 11.1 Å². The van der Waals surface area contributed by atoms with Crippen LogP contribution in [-0.4, -0.2) is 50.0 Å². The summed E-state index contributed by atoms with van der Waals surface area (Å²) in [7, 11) is 0. The number of anilines is 1. The maximum atomic E-state index is 9.54. The van der Waals surface area contributed by atoms with Gasteiger partial charge < -0.3 is 16.2 Å². The predicted molar refractivity (Wildman–Crippen MR) is 89.8 cm³/mol. The number of thioether (sulfide) groups is 1. The van der Waals surface area contributed by atoms with Gasteiger partial charge in [0, 0.05) is 36.3 Å². The fourth-order valence-electron chi connectivity index (χ4n) is 2.36. The second-order valence-corrected chi connectivity index (χ2v) is 6.17. The molecular weight excluding hydrogens is 312 g/mol. The molecule has 3 rings (SSSR count). The minimum absolute atomic E-state index is 0.0360. The van der Waals surface area contributed by atoms with E-state index in [0.717, 1.165) is 28.3 Å². The van der Waals surface area contributed by atoms with E-state index in [-0.39, 0.29) is 12.6 Å². The smallest absolute Gasteiger partial charge is 0.130 e. The summed E-state index contributed by atoms with van der Waals surface area (Å²) in [6.45, 7) is 0.690. The van der Waals surface area contributed by atoms with Crippen LogP contribution in [0.3, 0.4) is 0 Å². The van der Waals surface area contributed by atoms with Crippen molar-refractivity contribution in [2.45, 2.75) is 17.5 Å². The zero-order chi connectivity index (χ0) is 16.1. The van der Waals surface area contributed by atoms with Crippen molar-refractivity contribution < 1.29 is 5.11 Å².